The molecule has 1 amide bonds. The molecule has 7 heteroatoms. The van der Waals surface area contributed by atoms with Crippen LogP contribution in [0.15, 0.2) is 53.4 Å². The molecule has 156 valence electrons. The Hall–Kier alpha value is -1.99. The predicted octanol–water partition coefficient (Wildman–Crippen LogP) is 7.10. The molecule has 3 atom stereocenters. The Bertz CT molecular complexity index is 1020. The van der Waals surface area contributed by atoms with Gasteiger partial charge in [0, 0.05) is 11.3 Å². The van der Waals surface area contributed by atoms with Crippen LogP contribution in [0.2, 0.25) is 0 Å². The zero-order chi connectivity index (χ0) is 20.7. The molecular formula is C23H22F2N2OS2. The Balaban J connectivity index is 1.46. The van der Waals surface area contributed by atoms with E-state index in [0.29, 0.717) is 45.7 Å². The number of anilines is 2. The van der Waals surface area contributed by atoms with Crippen LogP contribution in [0.1, 0.15) is 32.1 Å². The van der Waals surface area contributed by atoms with Gasteiger partial charge in [-0.2, -0.15) is 8.78 Å². The minimum absolute atomic E-state index is 0.0425. The average Bonchev–Trinajstić information content (AvgIpc) is 3.44. The van der Waals surface area contributed by atoms with E-state index in [9.17, 15) is 13.6 Å². The molecule has 0 spiro atoms. The van der Waals surface area contributed by atoms with Crippen molar-refractivity contribution in [1.82, 2.24) is 4.98 Å². The van der Waals surface area contributed by atoms with Gasteiger partial charge in [0.05, 0.1) is 15.9 Å². The maximum Gasteiger partial charge on any atom is 0.288 e. The van der Waals surface area contributed by atoms with Crippen molar-refractivity contribution in [3.05, 3.63) is 48.5 Å². The Kier molecular flexibility index (Phi) is 5.50. The molecular weight excluding hydrogens is 422 g/mol. The normalized spacial score (nSPS) is 22.8. The van der Waals surface area contributed by atoms with Crippen LogP contribution in [0.5, 0.6) is 0 Å². The first kappa shape index (κ1) is 19.9. The topological polar surface area (TPSA) is 33.2 Å². The summed E-state index contributed by atoms with van der Waals surface area (Å²) in [5, 5.41) is 0.638. The van der Waals surface area contributed by atoms with Gasteiger partial charge in [0.2, 0.25) is 5.91 Å². The van der Waals surface area contributed by atoms with Gasteiger partial charge < -0.3 is 0 Å². The van der Waals surface area contributed by atoms with Gasteiger partial charge in [0.15, 0.2) is 5.13 Å². The van der Waals surface area contributed by atoms with Gasteiger partial charge in [-0.05, 0) is 73.4 Å². The lowest BCUT2D eigenvalue weighted by Crippen LogP contribution is -2.29. The molecule has 3 aromatic rings. The fraction of sp³-hybridized carbons (Fsp3) is 0.391. The fourth-order valence-electron chi connectivity index (χ4n) is 5.04. The summed E-state index contributed by atoms with van der Waals surface area (Å²) in [5.41, 5.74) is 1.54. The highest BCUT2D eigenvalue weighted by Gasteiger charge is 2.41. The van der Waals surface area contributed by atoms with Crippen molar-refractivity contribution < 1.29 is 13.6 Å². The minimum Gasteiger partial charge on any atom is -0.274 e. The number of rotatable bonds is 6. The summed E-state index contributed by atoms with van der Waals surface area (Å²) in [6.45, 7) is 0. The van der Waals surface area contributed by atoms with Crippen LogP contribution in [-0.4, -0.2) is 16.6 Å². The predicted molar refractivity (Wildman–Crippen MR) is 119 cm³/mol. The molecule has 2 aliphatic rings. The van der Waals surface area contributed by atoms with Crippen LogP contribution in [-0.2, 0) is 4.79 Å². The molecule has 0 aliphatic heterocycles. The molecule has 30 heavy (non-hydrogen) atoms. The van der Waals surface area contributed by atoms with Crippen LogP contribution in [0, 0.1) is 17.8 Å². The highest BCUT2D eigenvalue weighted by atomic mass is 32.2. The minimum atomic E-state index is -2.46. The summed E-state index contributed by atoms with van der Waals surface area (Å²) >= 11 is 2.00. The average molecular weight is 445 g/mol. The standard InChI is InChI=1S/C23H22F2N2OS2/c24-22(25)29-18-9-7-17(8-10-18)27(23-26-19-3-1-2-4-20(19)30-23)21(28)13-16-12-14-5-6-15(16)11-14/h1-4,7-10,14-16,22H,5-6,11-13H2/t14-,15-,16+/m1/s1. The Morgan fingerprint density at radius 1 is 1.13 bits per heavy atom. The van der Waals surface area contributed by atoms with Gasteiger partial charge >= 0.3 is 0 Å². The number of carbonyl (C=O) groups excluding carboxylic acids is 1. The van der Waals surface area contributed by atoms with Crippen molar-refractivity contribution in [3.63, 3.8) is 0 Å². The van der Waals surface area contributed by atoms with E-state index in [1.807, 2.05) is 24.3 Å². The van der Waals surface area contributed by atoms with E-state index in [4.69, 9.17) is 4.98 Å². The number of thioether (sulfide) groups is 1. The first-order chi connectivity index (χ1) is 14.6. The number of para-hydroxylation sites is 1. The third-order valence-electron chi connectivity index (χ3n) is 6.36. The number of hydrogen-bond donors (Lipinski definition) is 0. The van der Waals surface area contributed by atoms with Gasteiger partial charge in [-0.1, -0.05) is 41.7 Å². The van der Waals surface area contributed by atoms with E-state index in [-0.39, 0.29) is 5.91 Å². The summed E-state index contributed by atoms with van der Waals surface area (Å²) in [5.74, 6) is -0.520. The maximum absolute atomic E-state index is 13.5. The SMILES string of the molecule is O=C(C[C@@H]1C[C@@H]2CC[C@@H]1C2)N(c1ccc(SC(F)F)cc1)c1nc2ccccc2s1. The second kappa shape index (κ2) is 8.27. The van der Waals surface area contributed by atoms with Crippen LogP contribution in [0.25, 0.3) is 10.2 Å². The van der Waals surface area contributed by atoms with Gasteiger partial charge in [-0.15, -0.1) is 0 Å². The molecule has 1 aromatic heterocycles. The summed E-state index contributed by atoms with van der Waals surface area (Å²) in [6.07, 6.45) is 5.47. The summed E-state index contributed by atoms with van der Waals surface area (Å²) in [7, 11) is 0. The van der Waals surface area contributed by atoms with Crippen LogP contribution in [0.3, 0.4) is 0 Å². The van der Waals surface area contributed by atoms with E-state index in [2.05, 4.69) is 0 Å². The quantitative estimate of drug-likeness (QED) is 0.380. The zero-order valence-electron chi connectivity index (χ0n) is 16.3. The zero-order valence-corrected chi connectivity index (χ0v) is 18.0. The molecule has 0 radical (unpaired) electrons. The highest BCUT2D eigenvalue weighted by molar-refractivity contribution is 7.99. The number of aromatic nitrogens is 1. The van der Waals surface area contributed by atoms with Gasteiger partial charge in [-0.3, -0.25) is 9.69 Å². The molecule has 0 N–H and O–H groups in total. The lowest BCUT2D eigenvalue weighted by Gasteiger charge is -2.25. The van der Waals surface area contributed by atoms with Crippen LogP contribution < -0.4 is 4.90 Å². The second-order valence-corrected chi connectivity index (χ2v) is 10.3. The number of fused-ring (bicyclic) bond motifs is 3. The summed E-state index contributed by atoms with van der Waals surface area (Å²) < 4.78 is 26.4. The number of hydrogen-bond acceptors (Lipinski definition) is 4. The maximum atomic E-state index is 13.5. The number of halogens is 2. The van der Waals surface area contributed by atoms with Gasteiger partial charge in [0.1, 0.15) is 0 Å². The summed E-state index contributed by atoms with van der Waals surface area (Å²) in [4.78, 5) is 20.4. The van der Waals surface area contributed by atoms with Crippen LogP contribution >= 0.6 is 23.1 Å². The Labute approximate surface area is 182 Å². The molecule has 0 saturated heterocycles. The smallest absolute Gasteiger partial charge is 0.274 e. The van der Waals surface area contributed by atoms with Crippen molar-refractivity contribution in [1.29, 1.82) is 0 Å². The molecule has 3 nitrogen and oxygen atoms in total. The first-order valence-electron chi connectivity index (χ1n) is 10.3. The molecule has 2 bridgehead atoms. The monoisotopic (exact) mass is 444 g/mol. The molecule has 5 rings (SSSR count). The Morgan fingerprint density at radius 3 is 2.60 bits per heavy atom. The fourth-order valence-corrected chi connectivity index (χ4v) is 6.54. The van der Waals surface area contributed by atoms with Gasteiger partial charge in [0.25, 0.3) is 5.76 Å². The largest absolute Gasteiger partial charge is 0.288 e. The lowest BCUT2D eigenvalue weighted by atomic mass is 9.86. The molecule has 2 aromatic carbocycles. The van der Waals surface area contributed by atoms with E-state index < -0.39 is 5.76 Å². The molecule has 1 heterocycles. The van der Waals surface area contributed by atoms with Crippen molar-refractivity contribution >= 4 is 50.0 Å². The number of carbonyl (C=O) groups is 1. The third-order valence-corrected chi connectivity index (χ3v) is 8.11. The van der Waals surface area contributed by atoms with Crippen molar-refractivity contribution in [3.8, 4) is 0 Å². The van der Waals surface area contributed by atoms with Crippen LogP contribution in [0.4, 0.5) is 19.6 Å². The number of amides is 1. The van der Waals surface area contributed by atoms with E-state index in [0.717, 1.165) is 22.6 Å². The van der Waals surface area contributed by atoms with Crippen molar-refractivity contribution in [2.75, 3.05) is 4.90 Å². The third kappa shape index (κ3) is 3.97. The van der Waals surface area contributed by atoms with E-state index in [1.165, 1.54) is 30.6 Å². The number of thiazole rings is 1. The summed E-state index contributed by atoms with van der Waals surface area (Å²) in [6, 6.07) is 14.6. The second-order valence-electron chi connectivity index (χ2n) is 8.20. The number of alkyl halides is 2. The lowest BCUT2D eigenvalue weighted by molar-refractivity contribution is -0.119. The van der Waals surface area contributed by atoms with Crippen molar-refractivity contribution in [2.24, 2.45) is 17.8 Å². The van der Waals surface area contributed by atoms with E-state index in [1.54, 1.807) is 29.2 Å². The number of benzene rings is 2. The van der Waals surface area contributed by atoms with Crippen molar-refractivity contribution in [2.45, 2.75) is 42.8 Å². The Morgan fingerprint density at radius 2 is 1.93 bits per heavy atom. The first-order valence-corrected chi connectivity index (χ1v) is 12.0. The molecule has 2 saturated carbocycles. The number of nitrogens with zero attached hydrogens (tertiary/aromatic N) is 2. The van der Waals surface area contributed by atoms with E-state index >= 15 is 0 Å². The molecule has 2 fully saturated rings. The molecule has 0 unspecified atom stereocenters. The highest BCUT2D eigenvalue weighted by Crippen LogP contribution is 2.50. The van der Waals surface area contributed by atoms with Gasteiger partial charge in [-0.25, -0.2) is 4.98 Å². The molecule has 2 aliphatic carbocycles.